The Balaban J connectivity index is 1.87. The molecule has 0 bridgehead atoms. The molecule has 4 nitrogen and oxygen atoms in total. The summed E-state index contributed by atoms with van der Waals surface area (Å²) in [7, 11) is 0. The Bertz CT molecular complexity index is 924. The third-order valence-corrected chi connectivity index (χ3v) is 7.32. The normalized spacial score (nSPS) is 37.0. The number of hydrogen-bond acceptors (Lipinski definition) is 4. The molecule has 2 fully saturated rings. The number of phenolic OH excluding ortho intramolecular Hbond substituents is 2. The summed E-state index contributed by atoms with van der Waals surface area (Å²) in [5.41, 5.74) is 1.15. The van der Waals surface area contributed by atoms with E-state index in [1.165, 1.54) is 6.42 Å². The van der Waals surface area contributed by atoms with Crippen molar-refractivity contribution >= 4 is 16.8 Å². The second-order valence-corrected chi connectivity index (χ2v) is 8.59. The molecule has 126 valence electrons. The molecule has 1 aromatic heterocycles. The fourth-order valence-electron chi connectivity index (χ4n) is 5.93. The molecule has 5 rings (SSSR count). The zero-order chi connectivity index (χ0) is 17.0. The molecule has 0 radical (unpaired) electrons. The monoisotopic (exact) mass is 326 g/mol. The summed E-state index contributed by atoms with van der Waals surface area (Å²) >= 11 is 0. The maximum atomic E-state index is 12.9. The summed E-state index contributed by atoms with van der Waals surface area (Å²) in [4.78, 5) is 12.9. The van der Waals surface area contributed by atoms with Crippen LogP contribution in [0.3, 0.4) is 0 Å². The van der Waals surface area contributed by atoms with Crippen molar-refractivity contribution in [2.45, 2.75) is 51.9 Å². The van der Waals surface area contributed by atoms with E-state index in [0.29, 0.717) is 40.2 Å². The Morgan fingerprint density at radius 2 is 2.00 bits per heavy atom. The van der Waals surface area contributed by atoms with Crippen LogP contribution in [0, 0.1) is 24.2 Å². The van der Waals surface area contributed by atoms with Crippen LogP contribution in [0.1, 0.15) is 61.2 Å². The lowest BCUT2D eigenvalue weighted by molar-refractivity contribution is 0.0697. The number of hydrogen-bond donors (Lipinski definition) is 2. The SMILES string of the molecule is Cc1cc2c(O)c3c(c(O)c2o1)[C@@]1(C)CC[C@H]2C[C@@]2(C)[C@@H]1CC3=O. The van der Waals surface area contributed by atoms with Crippen LogP contribution in [0.4, 0.5) is 0 Å². The van der Waals surface area contributed by atoms with Crippen LogP contribution in [0.2, 0.25) is 0 Å². The summed E-state index contributed by atoms with van der Waals surface area (Å²) in [5, 5.41) is 22.2. The molecule has 0 aliphatic heterocycles. The van der Waals surface area contributed by atoms with Gasteiger partial charge in [-0.15, -0.1) is 0 Å². The van der Waals surface area contributed by atoms with Crippen LogP contribution < -0.4 is 0 Å². The van der Waals surface area contributed by atoms with Crippen LogP contribution in [-0.4, -0.2) is 16.0 Å². The van der Waals surface area contributed by atoms with Crippen molar-refractivity contribution in [1.29, 1.82) is 0 Å². The average molecular weight is 326 g/mol. The third kappa shape index (κ3) is 1.44. The van der Waals surface area contributed by atoms with E-state index in [1.54, 1.807) is 13.0 Å². The molecule has 2 N–H and O–H groups in total. The van der Waals surface area contributed by atoms with Crippen LogP contribution in [0.5, 0.6) is 11.5 Å². The van der Waals surface area contributed by atoms with Gasteiger partial charge in [-0.3, -0.25) is 4.79 Å². The lowest BCUT2D eigenvalue weighted by Gasteiger charge is -2.49. The number of Topliss-reactive ketones (excluding diaryl/α,β-unsaturated/α-hetero) is 1. The number of fused-ring (bicyclic) bond motifs is 6. The number of ketones is 1. The van der Waals surface area contributed by atoms with Crippen LogP contribution in [0.15, 0.2) is 10.5 Å². The molecule has 3 aliphatic rings. The highest BCUT2D eigenvalue weighted by Gasteiger charge is 2.65. The zero-order valence-corrected chi connectivity index (χ0v) is 14.3. The van der Waals surface area contributed by atoms with E-state index in [9.17, 15) is 15.0 Å². The van der Waals surface area contributed by atoms with Gasteiger partial charge >= 0.3 is 0 Å². The van der Waals surface area contributed by atoms with E-state index >= 15 is 0 Å². The molecule has 24 heavy (non-hydrogen) atoms. The van der Waals surface area contributed by atoms with Gasteiger partial charge in [-0.2, -0.15) is 0 Å². The number of rotatable bonds is 0. The van der Waals surface area contributed by atoms with E-state index in [0.717, 1.165) is 12.8 Å². The summed E-state index contributed by atoms with van der Waals surface area (Å²) in [6.07, 6.45) is 3.69. The summed E-state index contributed by atoms with van der Waals surface area (Å²) in [6, 6.07) is 1.69. The van der Waals surface area contributed by atoms with Gasteiger partial charge in [0.05, 0.1) is 10.9 Å². The first-order valence-corrected chi connectivity index (χ1v) is 8.79. The fraction of sp³-hybridized carbons (Fsp3) is 0.550. The van der Waals surface area contributed by atoms with Gasteiger partial charge in [0, 0.05) is 17.4 Å². The minimum atomic E-state index is -0.290. The lowest BCUT2D eigenvalue weighted by Crippen LogP contribution is -2.46. The molecule has 3 aliphatic carbocycles. The highest BCUT2D eigenvalue weighted by atomic mass is 16.4. The average Bonchev–Trinajstić information content (AvgIpc) is 3.04. The van der Waals surface area contributed by atoms with Crippen molar-refractivity contribution in [3.63, 3.8) is 0 Å². The van der Waals surface area contributed by atoms with Gasteiger partial charge in [-0.25, -0.2) is 0 Å². The van der Waals surface area contributed by atoms with Crippen LogP contribution >= 0.6 is 0 Å². The Hall–Kier alpha value is -1.97. The smallest absolute Gasteiger partial charge is 0.179 e. The predicted octanol–water partition coefficient (Wildman–Crippen LogP) is 4.43. The van der Waals surface area contributed by atoms with Gasteiger partial charge in [0.1, 0.15) is 11.5 Å². The molecule has 0 unspecified atom stereocenters. The van der Waals surface area contributed by atoms with Gasteiger partial charge in [0.2, 0.25) is 0 Å². The molecule has 0 amide bonds. The number of furan rings is 1. The molecular formula is C20H22O4. The molecule has 4 atom stereocenters. The van der Waals surface area contributed by atoms with Crippen molar-refractivity contribution in [2.24, 2.45) is 17.3 Å². The first-order chi connectivity index (χ1) is 11.3. The maximum absolute atomic E-state index is 12.9. The van der Waals surface area contributed by atoms with Gasteiger partial charge in [-0.1, -0.05) is 13.8 Å². The summed E-state index contributed by atoms with van der Waals surface area (Å²) in [5.74, 6) is 1.52. The van der Waals surface area contributed by atoms with Crippen molar-refractivity contribution in [2.75, 3.05) is 0 Å². The maximum Gasteiger partial charge on any atom is 0.179 e. The highest BCUT2D eigenvalue weighted by molar-refractivity contribution is 6.09. The van der Waals surface area contributed by atoms with Crippen molar-refractivity contribution in [3.8, 4) is 11.5 Å². The van der Waals surface area contributed by atoms with Crippen molar-refractivity contribution < 1.29 is 19.4 Å². The number of benzene rings is 1. The van der Waals surface area contributed by atoms with Gasteiger partial charge < -0.3 is 14.6 Å². The Kier molecular flexibility index (Phi) is 2.39. The Morgan fingerprint density at radius 1 is 1.25 bits per heavy atom. The van der Waals surface area contributed by atoms with E-state index < -0.39 is 0 Å². The first-order valence-electron chi connectivity index (χ1n) is 8.79. The Morgan fingerprint density at radius 3 is 2.75 bits per heavy atom. The second-order valence-electron chi connectivity index (χ2n) is 8.59. The quantitative estimate of drug-likeness (QED) is 0.702. The van der Waals surface area contributed by atoms with Gasteiger partial charge in [-0.05, 0) is 49.5 Å². The molecule has 1 heterocycles. The van der Waals surface area contributed by atoms with E-state index in [-0.39, 0.29) is 34.0 Å². The molecule has 0 saturated heterocycles. The highest BCUT2D eigenvalue weighted by Crippen LogP contribution is 2.72. The van der Waals surface area contributed by atoms with Crippen LogP contribution in [-0.2, 0) is 5.41 Å². The zero-order valence-electron chi connectivity index (χ0n) is 14.3. The molecule has 2 aromatic rings. The number of aromatic hydroxyl groups is 2. The first kappa shape index (κ1) is 14.4. The fourth-order valence-corrected chi connectivity index (χ4v) is 5.93. The number of phenols is 2. The molecular weight excluding hydrogens is 304 g/mol. The molecule has 1 aromatic carbocycles. The minimum Gasteiger partial charge on any atom is -0.506 e. The topological polar surface area (TPSA) is 70.7 Å². The summed E-state index contributed by atoms with van der Waals surface area (Å²) in [6.45, 7) is 6.22. The van der Waals surface area contributed by atoms with E-state index in [1.807, 2.05) is 0 Å². The lowest BCUT2D eigenvalue weighted by atomic mass is 9.54. The van der Waals surface area contributed by atoms with Crippen molar-refractivity contribution in [1.82, 2.24) is 0 Å². The van der Waals surface area contributed by atoms with E-state index in [2.05, 4.69) is 13.8 Å². The second kappa shape index (κ2) is 3.98. The number of carbonyl (C=O) groups excluding carboxylic acids is 1. The largest absolute Gasteiger partial charge is 0.506 e. The number of aryl methyl sites for hydroxylation is 1. The van der Waals surface area contributed by atoms with Crippen LogP contribution in [0.25, 0.3) is 11.0 Å². The molecule has 2 saturated carbocycles. The molecule has 4 heteroatoms. The number of carbonyl (C=O) groups is 1. The summed E-state index contributed by atoms with van der Waals surface area (Å²) < 4.78 is 5.65. The third-order valence-electron chi connectivity index (χ3n) is 7.32. The van der Waals surface area contributed by atoms with Gasteiger partial charge in [0.15, 0.2) is 17.1 Å². The Labute approximate surface area is 140 Å². The molecule has 0 spiro atoms. The standard InChI is InChI=1S/C20H22O4/c1-9-6-11-16(22)14-12(21)7-13-19(2,5-4-10-8-20(10,13)3)15(14)17(23)18(11)24-9/h6,10,13,22-23H,4-5,7-8H2,1-3H3/t10-,13+,19-,20+/m0/s1. The predicted molar refractivity (Wildman–Crippen MR) is 89.5 cm³/mol. The van der Waals surface area contributed by atoms with Crippen molar-refractivity contribution in [3.05, 3.63) is 23.0 Å². The van der Waals surface area contributed by atoms with E-state index in [4.69, 9.17) is 4.42 Å². The van der Waals surface area contributed by atoms with Gasteiger partial charge in [0.25, 0.3) is 0 Å². The minimum absolute atomic E-state index is 0.0256.